The molecule has 5 nitrogen and oxygen atoms in total. The minimum Gasteiger partial charge on any atom is -0.493 e. The number of ether oxygens (including phenoxy) is 2. The van der Waals surface area contributed by atoms with E-state index in [9.17, 15) is 0 Å². The molecule has 18 heavy (non-hydrogen) atoms. The summed E-state index contributed by atoms with van der Waals surface area (Å²) in [5.41, 5.74) is 6.75. The maximum absolute atomic E-state index is 8.78. The van der Waals surface area contributed by atoms with Crippen molar-refractivity contribution in [2.24, 2.45) is 5.73 Å². The molecule has 0 aliphatic heterocycles. The van der Waals surface area contributed by atoms with Crippen LogP contribution in [0, 0.1) is 0 Å². The molecule has 0 amide bonds. The van der Waals surface area contributed by atoms with Gasteiger partial charge in [0.25, 0.3) is 0 Å². The van der Waals surface area contributed by atoms with Gasteiger partial charge in [-0.2, -0.15) is 0 Å². The van der Waals surface area contributed by atoms with Crippen molar-refractivity contribution in [3.05, 3.63) is 23.8 Å². The minimum absolute atomic E-state index is 0.00333. The molecule has 4 N–H and O–H groups in total. The molecular weight excluding hydrogens is 232 g/mol. The third kappa shape index (κ3) is 4.52. The smallest absolute Gasteiger partial charge is 0.160 e. The molecule has 0 aliphatic rings. The predicted octanol–water partition coefficient (Wildman–Crippen LogP) is 0.156. The summed E-state index contributed by atoms with van der Waals surface area (Å²) in [4.78, 5) is 0. The molecule has 1 aromatic carbocycles. The van der Waals surface area contributed by atoms with Crippen LogP contribution in [0.15, 0.2) is 18.2 Å². The Bertz CT molecular complexity index is 358. The molecule has 0 saturated carbocycles. The number of nitrogens with one attached hydrogen (secondary N) is 1. The van der Waals surface area contributed by atoms with Gasteiger partial charge in [0.15, 0.2) is 11.5 Å². The quantitative estimate of drug-likeness (QED) is 0.576. The summed E-state index contributed by atoms with van der Waals surface area (Å²) in [5, 5.41) is 12.0. The lowest BCUT2D eigenvalue weighted by molar-refractivity contribution is 0.262. The molecule has 1 aromatic rings. The van der Waals surface area contributed by atoms with Gasteiger partial charge in [-0.25, -0.2) is 0 Å². The molecule has 0 bridgehead atoms. The second-order valence-corrected chi connectivity index (χ2v) is 4.09. The lowest BCUT2D eigenvalue weighted by atomic mass is 10.1. The first-order chi connectivity index (χ1) is 8.71. The highest BCUT2D eigenvalue weighted by atomic mass is 16.5. The Morgan fingerprint density at radius 1 is 1.28 bits per heavy atom. The molecule has 1 rings (SSSR count). The Balaban J connectivity index is 2.43. The second-order valence-electron chi connectivity index (χ2n) is 4.09. The van der Waals surface area contributed by atoms with Crippen molar-refractivity contribution in [3.8, 4) is 11.5 Å². The van der Waals surface area contributed by atoms with Crippen molar-refractivity contribution in [2.45, 2.75) is 12.5 Å². The van der Waals surface area contributed by atoms with Gasteiger partial charge < -0.3 is 25.6 Å². The summed E-state index contributed by atoms with van der Waals surface area (Å²) in [7, 11) is 3.25. The van der Waals surface area contributed by atoms with Crippen LogP contribution in [0.1, 0.15) is 5.56 Å². The fourth-order valence-corrected chi connectivity index (χ4v) is 1.62. The van der Waals surface area contributed by atoms with Crippen LogP contribution in [-0.2, 0) is 6.42 Å². The normalized spacial score (nSPS) is 12.2. The van der Waals surface area contributed by atoms with Gasteiger partial charge in [0.2, 0.25) is 0 Å². The SMILES string of the molecule is COc1ccc(CCNCC(N)CO)cc1OC. The number of nitrogens with two attached hydrogens (primary N) is 1. The number of aliphatic hydroxyl groups is 1. The molecule has 0 saturated heterocycles. The lowest BCUT2D eigenvalue weighted by Gasteiger charge is -2.11. The first kappa shape index (κ1) is 14.8. The molecule has 102 valence electrons. The third-order valence-electron chi connectivity index (χ3n) is 2.68. The van der Waals surface area contributed by atoms with Gasteiger partial charge in [0.05, 0.1) is 20.8 Å². The van der Waals surface area contributed by atoms with Gasteiger partial charge in [-0.15, -0.1) is 0 Å². The maximum Gasteiger partial charge on any atom is 0.160 e. The van der Waals surface area contributed by atoms with Gasteiger partial charge in [-0.1, -0.05) is 6.07 Å². The Labute approximate surface area is 108 Å². The molecule has 0 fully saturated rings. The molecule has 1 unspecified atom stereocenters. The molecule has 5 heteroatoms. The summed E-state index contributed by atoms with van der Waals surface area (Å²) in [6, 6.07) is 5.67. The largest absolute Gasteiger partial charge is 0.493 e. The average molecular weight is 254 g/mol. The van der Waals surface area contributed by atoms with Crippen molar-refractivity contribution >= 4 is 0 Å². The molecule has 0 aromatic heterocycles. The van der Waals surface area contributed by atoms with E-state index in [2.05, 4.69) is 5.32 Å². The van der Waals surface area contributed by atoms with Crippen molar-refractivity contribution < 1.29 is 14.6 Å². The van der Waals surface area contributed by atoms with E-state index in [4.69, 9.17) is 20.3 Å². The Morgan fingerprint density at radius 3 is 2.61 bits per heavy atom. The fraction of sp³-hybridized carbons (Fsp3) is 0.538. The molecule has 0 spiro atoms. The molecule has 0 aliphatic carbocycles. The third-order valence-corrected chi connectivity index (χ3v) is 2.68. The second kappa shape index (κ2) is 7.92. The minimum atomic E-state index is -0.199. The number of hydrogen-bond acceptors (Lipinski definition) is 5. The zero-order chi connectivity index (χ0) is 13.4. The van der Waals surface area contributed by atoms with Crippen LogP contribution >= 0.6 is 0 Å². The summed E-state index contributed by atoms with van der Waals surface area (Å²) >= 11 is 0. The monoisotopic (exact) mass is 254 g/mol. The average Bonchev–Trinajstić information content (AvgIpc) is 2.42. The van der Waals surface area contributed by atoms with E-state index < -0.39 is 0 Å². The van der Waals surface area contributed by atoms with E-state index in [-0.39, 0.29) is 12.6 Å². The Morgan fingerprint density at radius 2 is 2.00 bits per heavy atom. The van der Waals surface area contributed by atoms with Crippen molar-refractivity contribution in [1.29, 1.82) is 0 Å². The highest BCUT2D eigenvalue weighted by Crippen LogP contribution is 2.27. The summed E-state index contributed by atoms with van der Waals surface area (Å²) in [6.07, 6.45) is 0.874. The zero-order valence-electron chi connectivity index (χ0n) is 11.0. The Hall–Kier alpha value is -1.30. The number of aliphatic hydroxyl groups excluding tert-OH is 1. The highest BCUT2D eigenvalue weighted by molar-refractivity contribution is 5.42. The van der Waals surface area contributed by atoms with Crippen LogP contribution < -0.4 is 20.5 Å². The standard InChI is InChI=1S/C13H22N2O3/c1-17-12-4-3-10(7-13(12)18-2)5-6-15-8-11(14)9-16/h3-4,7,11,15-16H,5-6,8-9,14H2,1-2H3. The highest BCUT2D eigenvalue weighted by Gasteiger charge is 2.04. The molecular formula is C13H22N2O3. The number of methoxy groups -OCH3 is 2. The van der Waals surface area contributed by atoms with E-state index >= 15 is 0 Å². The van der Waals surface area contributed by atoms with Crippen LogP contribution in [0.4, 0.5) is 0 Å². The van der Waals surface area contributed by atoms with Crippen molar-refractivity contribution in [3.63, 3.8) is 0 Å². The van der Waals surface area contributed by atoms with Crippen molar-refractivity contribution in [1.82, 2.24) is 5.32 Å². The summed E-state index contributed by atoms with van der Waals surface area (Å²) in [6.45, 7) is 1.43. The topological polar surface area (TPSA) is 76.7 Å². The van der Waals surface area contributed by atoms with E-state index in [1.807, 2.05) is 18.2 Å². The van der Waals surface area contributed by atoms with Crippen LogP contribution in [0.5, 0.6) is 11.5 Å². The van der Waals surface area contributed by atoms with Gasteiger partial charge in [0, 0.05) is 12.6 Å². The molecule has 1 atom stereocenters. The van der Waals surface area contributed by atoms with Crippen LogP contribution in [-0.4, -0.2) is 45.1 Å². The van der Waals surface area contributed by atoms with E-state index in [1.165, 1.54) is 0 Å². The van der Waals surface area contributed by atoms with Gasteiger partial charge in [-0.05, 0) is 30.7 Å². The van der Waals surface area contributed by atoms with E-state index in [1.54, 1.807) is 14.2 Å². The number of rotatable bonds is 8. The number of hydrogen-bond donors (Lipinski definition) is 3. The number of benzene rings is 1. The van der Waals surface area contributed by atoms with Gasteiger partial charge >= 0.3 is 0 Å². The van der Waals surface area contributed by atoms with Crippen LogP contribution in [0.2, 0.25) is 0 Å². The lowest BCUT2D eigenvalue weighted by Crippen LogP contribution is -2.37. The molecule has 0 heterocycles. The Kier molecular flexibility index (Phi) is 6.49. The molecule has 0 radical (unpaired) electrons. The summed E-state index contributed by atoms with van der Waals surface area (Å²) < 4.78 is 10.4. The summed E-state index contributed by atoms with van der Waals surface area (Å²) in [5.74, 6) is 1.47. The van der Waals surface area contributed by atoms with E-state index in [0.29, 0.717) is 6.54 Å². The first-order valence-electron chi connectivity index (χ1n) is 5.99. The maximum atomic E-state index is 8.78. The first-order valence-corrected chi connectivity index (χ1v) is 5.99. The fourth-order valence-electron chi connectivity index (χ4n) is 1.62. The van der Waals surface area contributed by atoms with Crippen LogP contribution in [0.25, 0.3) is 0 Å². The van der Waals surface area contributed by atoms with Gasteiger partial charge in [-0.3, -0.25) is 0 Å². The van der Waals surface area contributed by atoms with Crippen molar-refractivity contribution in [2.75, 3.05) is 33.9 Å². The predicted molar refractivity (Wildman–Crippen MR) is 71.2 cm³/mol. The zero-order valence-corrected chi connectivity index (χ0v) is 11.0. The van der Waals surface area contributed by atoms with Crippen LogP contribution in [0.3, 0.4) is 0 Å². The van der Waals surface area contributed by atoms with E-state index in [0.717, 1.165) is 30.0 Å². The van der Waals surface area contributed by atoms with Gasteiger partial charge in [0.1, 0.15) is 0 Å².